The number of carbonyl (C=O) groups excluding carboxylic acids is 4. The Balaban J connectivity index is 1.48. The molecule has 0 aromatic heterocycles. The highest BCUT2D eigenvalue weighted by Gasteiger charge is 2.23. The summed E-state index contributed by atoms with van der Waals surface area (Å²) in [4.78, 5) is 50.2. The Morgan fingerprint density at radius 2 is 0.820 bits per heavy atom. The first-order chi connectivity index (χ1) is 24.1. The van der Waals surface area contributed by atoms with Crippen LogP contribution in [0.1, 0.15) is 116 Å². The highest BCUT2D eigenvalue weighted by Crippen LogP contribution is 2.12. The van der Waals surface area contributed by atoms with Gasteiger partial charge in [0.15, 0.2) is 0 Å². The van der Waals surface area contributed by atoms with Crippen molar-refractivity contribution in [2.75, 3.05) is 13.1 Å². The fourth-order valence-corrected chi connectivity index (χ4v) is 5.55. The molecule has 0 aliphatic rings. The van der Waals surface area contributed by atoms with Crippen molar-refractivity contribution in [3.05, 3.63) is 71.8 Å². The molecule has 0 bridgehead atoms. The maximum atomic E-state index is 12.8. The van der Waals surface area contributed by atoms with Gasteiger partial charge in [-0.25, -0.2) is 9.59 Å². The molecule has 50 heavy (non-hydrogen) atoms. The molecule has 2 rings (SSSR count). The zero-order chi connectivity index (χ0) is 36.4. The normalized spacial score (nSPS) is 12.2. The topological polar surface area (TPSA) is 135 Å². The molecule has 10 heteroatoms. The molecule has 0 saturated heterocycles. The standard InChI is InChI=1S/C40H62N4O6/c1-31(2)27-35(43-39(47)49-29-33-21-15-13-16-22-33)37(45)41-25-19-11-9-7-5-6-8-10-12-20-26-42-38(46)36(28-32(3)4)44-40(48)50-30-34-23-17-14-18-24-34/h13-18,21-24,31-32,35-36H,5-12,19-20,25-30H2,1-4H3,(H,41,45)(H,42,46)(H,43,47)(H,44,48)/t35-,36-/m0/s1. The number of benzene rings is 2. The van der Waals surface area contributed by atoms with Gasteiger partial charge in [0, 0.05) is 13.1 Å². The van der Waals surface area contributed by atoms with E-state index >= 15 is 0 Å². The van der Waals surface area contributed by atoms with Crippen molar-refractivity contribution < 1.29 is 28.7 Å². The Morgan fingerprint density at radius 1 is 0.500 bits per heavy atom. The van der Waals surface area contributed by atoms with Crippen molar-refractivity contribution in [1.82, 2.24) is 21.3 Å². The molecule has 278 valence electrons. The number of nitrogens with one attached hydrogen (secondary N) is 4. The maximum absolute atomic E-state index is 12.8. The quantitative estimate of drug-likeness (QED) is 0.0784. The van der Waals surface area contributed by atoms with Crippen molar-refractivity contribution >= 4 is 24.0 Å². The van der Waals surface area contributed by atoms with Crippen molar-refractivity contribution in [2.45, 2.75) is 130 Å². The van der Waals surface area contributed by atoms with E-state index in [2.05, 4.69) is 21.3 Å². The number of alkyl carbamates (subject to hydrolysis) is 2. The van der Waals surface area contributed by atoms with Gasteiger partial charge in [-0.1, -0.05) is 140 Å². The molecule has 0 aliphatic heterocycles. The molecular formula is C40H62N4O6. The second-order valence-corrected chi connectivity index (χ2v) is 13.9. The van der Waals surface area contributed by atoms with Gasteiger partial charge in [-0.05, 0) is 48.6 Å². The summed E-state index contributed by atoms with van der Waals surface area (Å²) < 4.78 is 10.6. The fraction of sp³-hybridized carbons (Fsp3) is 0.600. The smallest absolute Gasteiger partial charge is 0.408 e. The van der Waals surface area contributed by atoms with Gasteiger partial charge in [-0.2, -0.15) is 0 Å². The Kier molecular flexibility index (Phi) is 21.7. The van der Waals surface area contributed by atoms with Crippen molar-refractivity contribution in [3.63, 3.8) is 0 Å². The maximum Gasteiger partial charge on any atom is 0.408 e. The number of rotatable bonds is 25. The zero-order valence-corrected chi connectivity index (χ0v) is 30.8. The lowest BCUT2D eigenvalue weighted by Gasteiger charge is -2.20. The van der Waals surface area contributed by atoms with E-state index in [1.54, 1.807) is 0 Å². The van der Waals surface area contributed by atoms with E-state index in [0.29, 0.717) is 25.9 Å². The molecular weight excluding hydrogens is 632 g/mol. The summed E-state index contributed by atoms with van der Waals surface area (Å²) in [5.41, 5.74) is 1.79. The van der Waals surface area contributed by atoms with Gasteiger partial charge < -0.3 is 30.7 Å². The lowest BCUT2D eigenvalue weighted by molar-refractivity contribution is -0.124. The monoisotopic (exact) mass is 694 g/mol. The number of hydrogen-bond donors (Lipinski definition) is 4. The van der Waals surface area contributed by atoms with Crippen LogP contribution in [0.2, 0.25) is 0 Å². The summed E-state index contributed by atoms with van der Waals surface area (Å²) in [6, 6.07) is 17.7. The molecule has 0 radical (unpaired) electrons. The molecule has 0 aliphatic carbocycles. The van der Waals surface area contributed by atoms with Gasteiger partial charge in [-0.3, -0.25) is 9.59 Å². The molecule has 4 amide bonds. The van der Waals surface area contributed by atoms with Crippen LogP contribution in [0.5, 0.6) is 0 Å². The highest BCUT2D eigenvalue weighted by atomic mass is 16.6. The van der Waals surface area contributed by atoms with Crippen LogP contribution in [0.3, 0.4) is 0 Å². The van der Waals surface area contributed by atoms with E-state index in [-0.39, 0.29) is 36.9 Å². The molecule has 2 aromatic rings. The van der Waals surface area contributed by atoms with Crippen LogP contribution >= 0.6 is 0 Å². The summed E-state index contributed by atoms with van der Waals surface area (Å²) in [6.45, 7) is 9.62. The minimum absolute atomic E-state index is 0.164. The van der Waals surface area contributed by atoms with Crippen molar-refractivity contribution in [1.29, 1.82) is 0 Å². The first-order valence-corrected chi connectivity index (χ1v) is 18.6. The summed E-state index contributed by atoms with van der Waals surface area (Å²) in [6.07, 6.45) is 10.8. The molecule has 0 fully saturated rings. The highest BCUT2D eigenvalue weighted by molar-refractivity contribution is 5.86. The third-order valence-electron chi connectivity index (χ3n) is 8.26. The number of hydrogen-bond acceptors (Lipinski definition) is 6. The SMILES string of the molecule is CC(C)C[C@H](NC(=O)OCc1ccccc1)C(=O)NCCCCCCCCCCCCNC(=O)[C@H](CC(C)C)NC(=O)OCc1ccccc1. The first kappa shape index (κ1) is 42.1. The third kappa shape index (κ3) is 20.4. The van der Waals surface area contributed by atoms with E-state index in [1.165, 1.54) is 25.7 Å². The lowest BCUT2D eigenvalue weighted by atomic mass is 10.0. The van der Waals surface area contributed by atoms with E-state index in [4.69, 9.17) is 9.47 Å². The molecule has 0 heterocycles. The largest absolute Gasteiger partial charge is 0.445 e. The molecule has 2 aromatic carbocycles. The second-order valence-electron chi connectivity index (χ2n) is 13.9. The minimum Gasteiger partial charge on any atom is -0.445 e. The molecule has 2 atom stereocenters. The molecule has 10 nitrogen and oxygen atoms in total. The summed E-state index contributed by atoms with van der Waals surface area (Å²) >= 11 is 0. The second kappa shape index (κ2) is 25.8. The number of carbonyl (C=O) groups is 4. The van der Waals surface area contributed by atoms with E-state index < -0.39 is 24.3 Å². The van der Waals surface area contributed by atoms with Gasteiger partial charge in [0.2, 0.25) is 11.8 Å². The number of unbranched alkanes of at least 4 members (excludes halogenated alkanes) is 9. The average Bonchev–Trinajstić information content (AvgIpc) is 3.09. The van der Waals surface area contributed by atoms with Crippen molar-refractivity contribution in [3.8, 4) is 0 Å². The first-order valence-electron chi connectivity index (χ1n) is 18.6. The van der Waals surface area contributed by atoms with Crippen LogP contribution in [0.4, 0.5) is 9.59 Å². The van der Waals surface area contributed by atoms with Crippen LogP contribution in [-0.2, 0) is 32.3 Å². The van der Waals surface area contributed by atoms with E-state index in [9.17, 15) is 19.2 Å². The Morgan fingerprint density at radius 3 is 1.14 bits per heavy atom. The Hall–Kier alpha value is -4.08. The predicted octanol–water partition coefficient (Wildman–Crippen LogP) is 7.80. The van der Waals surface area contributed by atoms with Crippen LogP contribution in [-0.4, -0.2) is 49.2 Å². The molecule has 0 spiro atoms. The summed E-state index contributed by atoms with van der Waals surface area (Å²) in [5, 5.41) is 11.4. The van der Waals surface area contributed by atoms with Crippen LogP contribution in [0, 0.1) is 11.8 Å². The molecule has 0 saturated carbocycles. The van der Waals surface area contributed by atoms with Gasteiger partial charge in [0.1, 0.15) is 25.3 Å². The zero-order valence-electron chi connectivity index (χ0n) is 30.8. The van der Waals surface area contributed by atoms with Crippen LogP contribution < -0.4 is 21.3 Å². The van der Waals surface area contributed by atoms with Crippen LogP contribution in [0.15, 0.2) is 60.7 Å². The summed E-state index contributed by atoms with van der Waals surface area (Å²) in [7, 11) is 0. The van der Waals surface area contributed by atoms with Gasteiger partial charge >= 0.3 is 12.2 Å². The van der Waals surface area contributed by atoms with Gasteiger partial charge in [0.25, 0.3) is 0 Å². The summed E-state index contributed by atoms with van der Waals surface area (Å²) in [5.74, 6) is 0.170. The number of amides is 4. The third-order valence-corrected chi connectivity index (χ3v) is 8.26. The molecule has 0 unspecified atom stereocenters. The van der Waals surface area contributed by atoms with Gasteiger partial charge in [-0.15, -0.1) is 0 Å². The predicted molar refractivity (Wildman–Crippen MR) is 198 cm³/mol. The van der Waals surface area contributed by atoms with E-state index in [0.717, 1.165) is 49.7 Å². The Labute approximate surface area is 300 Å². The molecule has 4 N–H and O–H groups in total. The van der Waals surface area contributed by atoms with Crippen LogP contribution in [0.25, 0.3) is 0 Å². The van der Waals surface area contributed by atoms with E-state index in [1.807, 2.05) is 88.4 Å². The lowest BCUT2D eigenvalue weighted by Crippen LogP contribution is -2.47. The number of ether oxygens (including phenoxy) is 2. The van der Waals surface area contributed by atoms with Gasteiger partial charge in [0.05, 0.1) is 0 Å². The fourth-order valence-electron chi connectivity index (χ4n) is 5.55. The average molecular weight is 695 g/mol. The Bertz CT molecular complexity index is 1130. The minimum atomic E-state index is -0.616. The van der Waals surface area contributed by atoms with Crippen molar-refractivity contribution in [2.24, 2.45) is 11.8 Å².